The molecular formula is C20H20ClN5O2. The highest BCUT2D eigenvalue weighted by atomic mass is 35.5. The van der Waals surface area contributed by atoms with Crippen LogP contribution in [0, 0.1) is 6.92 Å². The van der Waals surface area contributed by atoms with Crippen molar-refractivity contribution in [2.24, 2.45) is 0 Å². The second kappa shape index (κ2) is 7.90. The zero-order valence-corrected chi connectivity index (χ0v) is 16.2. The maximum Gasteiger partial charge on any atom is 0.321 e. The normalized spacial score (nSPS) is 14.2. The highest BCUT2D eigenvalue weighted by Gasteiger charge is 2.21. The number of nitrogens with zero attached hydrogens (tertiary/aromatic N) is 4. The van der Waals surface area contributed by atoms with Gasteiger partial charge in [0.2, 0.25) is 11.7 Å². The first-order valence-corrected chi connectivity index (χ1v) is 9.43. The molecule has 7 nitrogen and oxygen atoms in total. The summed E-state index contributed by atoms with van der Waals surface area (Å²) < 4.78 is 5.02. The first kappa shape index (κ1) is 18.3. The lowest BCUT2D eigenvalue weighted by molar-refractivity contribution is 0.208. The SMILES string of the molecule is Cc1nc(-c2cccc(NC(=O)N3CCN(c4cccc(Cl)c4)CC3)c2)no1. The number of hydrogen-bond donors (Lipinski definition) is 1. The fraction of sp³-hybridized carbons (Fsp3) is 0.250. The zero-order chi connectivity index (χ0) is 19.5. The Bertz CT molecular complexity index is 982. The highest BCUT2D eigenvalue weighted by Crippen LogP contribution is 2.22. The molecular weight excluding hydrogens is 378 g/mol. The van der Waals surface area contributed by atoms with Crippen molar-refractivity contribution in [2.75, 3.05) is 36.4 Å². The molecule has 144 valence electrons. The van der Waals surface area contributed by atoms with Crippen molar-refractivity contribution in [2.45, 2.75) is 6.92 Å². The summed E-state index contributed by atoms with van der Waals surface area (Å²) in [5.41, 5.74) is 2.57. The minimum Gasteiger partial charge on any atom is -0.368 e. The molecule has 1 aromatic heterocycles. The lowest BCUT2D eigenvalue weighted by atomic mass is 10.2. The predicted octanol–water partition coefficient (Wildman–Crippen LogP) is 4.05. The molecule has 2 amide bonds. The van der Waals surface area contributed by atoms with Gasteiger partial charge in [-0.25, -0.2) is 4.79 Å². The molecule has 3 aromatic rings. The van der Waals surface area contributed by atoms with Gasteiger partial charge in [0.1, 0.15) is 0 Å². The van der Waals surface area contributed by atoms with Gasteiger partial charge >= 0.3 is 6.03 Å². The van der Waals surface area contributed by atoms with Crippen LogP contribution >= 0.6 is 11.6 Å². The van der Waals surface area contributed by atoms with Gasteiger partial charge in [0, 0.05) is 55.1 Å². The van der Waals surface area contributed by atoms with E-state index in [0.29, 0.717) is 35.5 Å². The van der Waals surface area contributed by atoms with Crippen LogP contribution in [0.25, 0.3) is 11.4 Å². The number of amides is 2. The fourth-order valence-electron chi connectivity index (χ4n) is 3.20. The summed E-state index contributed by atoms with van der Waals surface area (Å²) in [5, 5.41) is 7.59. The van der Waals surface area contributed by atoms with Crippen molar-refractivity contribution in [1.82, 2.24) is 15.0 Å². The summed E-state index contributed by atoms with van der Waals surface area (Å²) in [5.74, 6) is 1.01. The Morgan fingerprint density at radius 1 is 1.11 bits per heavy atom. The number of hydrogen-bond acceptors (Lipinski definition) is 5. The minimum atomic E-state index is -0.118. The van der Waals surface area contributed by atoms with Crippen molar-refractivity contribution < 1.29 is 9.32 Å². The molecule has 0 radical (unpaired) electrons. The van der Waals surface area contributed by atoms with Crippen LogP contribution in [-0.4, -0.2) is 47.3 Å². The molecule has 1 fully saturated rings. The second-order valence-electron chi connectivity index (χ2n) is 6.60. The van der Waals surface area contributed by atoms with E-state index in [9.17, 15) is 4.79 Å². The quantitative estimate of drug-likeness (QED) is 0.721. The molecule has 8 heteroatoms. The standard InChI is InChI=1S/C20H20ClN5O2/c1-14-22-19(24-28-14)15-4-2-6-17(12-15)23-20(27)26-10-8-25(9-11-26)18-7-3-5-16(21)13-18/h2-7,12-13H,8-11H2,1H3,(H,23,27). The van der Waals surface area contributed by atoms with E-state index in [-0.39, 0.29) is 6.03 Å². The van der Waals surface area contributed by atoms with Gasteiger partial charge < -0.3 is 19.6 Å². The topological polar surface area (TPSA) is 74.5 Å². The zero-order valence-electron chi connectivity index (χ0n) is 15.4. The van der Waals surface area contributed by atoms with Crippen molar-refractivity contribution in [3.05, 3.63) is 59.4 Å². The number of halogens is 1. The number of piperazine rings is 1. The molecule has 1 aliphatic rings. The van der Waals surface area contributed by atoms with E-state index in [4.69, 9.17) is 16.1 Å². The van der Waals surface area contributed by atoms with Gasteiger partial charge in [0.15, 0.2) is 0 Å². The molecule has 2 aromatic carbocycles. The Hall–Kier alpha value is -3.06. The van der Waals surface area contributed by atoms with E-state index in [1.165, 1.54) is 0 Å². The number of aryl methyl sites for hydroxylation is 1. The van der Waals surface area contributed by atoms with Crippen LogP contribution in [0.3, 0.4) is 0 Å². The molecule has 1 N–H and O–H groups in total. The number of aromatic nitrogens is 2. The number of carbonyl (C=O) groups is 1. The van der Waals surface area contributed by atoms with Crippen molar-refractivity contribution in [3.8, 4) is 11.4 Å². The number of anilines is 2. The van der Waals surface area contributed by atoms with Crippen molar-refractivity contribution in [3.63, 3.8) is 0 Å². The van der Waals surface area contributed by atoms with E-state index in [1.807, 2.05) is 53.4 Å². The average Bonchev–Trinajstić information content (AvgIpc) is 3.15. The van der Waals surface area contributed by atoms with Crippen LogP contribution in [0.1, 0.15) is 5.89 Å². The summed E-state index contributed by atoms with van der Waals surface area (Å²) in [6, 6.07) is 15.1. The summed E-state index contributed by atoms with van der Waals surface area (Å²) >= 11 is 6.08. The molecule has 0 spiro atoms. The average molecular weight is 398 g/mol. The summed E-state index contributed by atoms with van der Waals surface area (Å²) in [4.78, 5) is 20.9. The lowest BCUT2D eigenvalue weighted by Gasteiger charge is -2.36. The Morgan fingerprint density at radius 2 is 1.89 bits per heavy atom. The van der Waals surface area contributed by atoms with Crippen molar-refractivity contribution >= 4 is 29.0 Å². The van der Waals surface area contributed by atoms with Gasteiger partial charge in [-0.05, 0) is 30.3 Å². The van der Waals surface area contributed by atoms with Crippen LogP contribution in [0.2, 0.25) is 5.02 Å². The first-order chi connectivity index (χ1) is 13.6. The third-order valence-electron chi connectivity index (χ3n) is 4.64. The number of urea groups is 1. The number of nitrogens with one attached hydrogen (secondary N) is 1. The van der Waals surface area contributed by atoms with Crippen LogP contribution < -0.4 is 10.2 Å². The Morgan fingerprint density at radius 3 is 2.61 bits per heavy atom. The van der Waals surface area contributed by atoms with Crippen LogP contribution in [0.5, 0.6) is 0 Å². The van der Waals surface area contributed by atoms with Crippen LogP contribution in [-0.2, 0) is 0 Å². The molecule has 0 aliphatic carbocycles. The summed E-state index contributed by atoms with van der Waals surface area (Å²) in [7, 11) is 0. The molecule has 0 saturated carbocycles. The molecule has 0 unspecified atom stereocenters. The largest absolute Gasteiger partial charge is 0.368 e. The Kier molecular flexibility index (Phi) is 5.16. The van der Waals surface area contributed by atoms with Crippen LogP contribution in [0.4, 0.5) is 16.2 Å². The third kappa shape index (κ3) is 4.09. The molecule has 0 atom stereocenters. The fourth-order valence-corrected chi connectivity index (χ4v) is 3.38. The molecule has 2 heterocycles. The number of carbonyl (C=O) groups excluding carboxylic acids is 1. The molecule has 1 saturated heterocycles. The Labute approximate surface area is 167 Å². The maximum absolute atomic E-state index is 12.6. The smallest absolute Gasteiger partial charge is 0.321 e. The molecule has 28 heavy (non-hydrogen) atoms. The Balaban J connectivity index is 1.37. The van der Waals surface area contributed by atoms with Gasteiger partial charge in [-0.2, -0.15) is 4.98 Å². The molecule has 0 bridgehead atoms. The summed E-state index contributed by atoms with van der Waals surface area (Å²) in [6.45, 7) is 4.54. The van der Waals surface area contributed by atoms with E-state index in [2.05, 4.69) is 20.4 Å². The van der Waals surface area contributed by atoms with E-state index in [0.717, 1.165) is 24.3 Å². The van der Waals surface area contributed by atoms with Gasteiger partial charge in [-0.15, -0.1) is 0 Å². The van der Waals surface area contributed by atoms with Gasteiger partial charge in [0.25, 0.3) is 0 Å². The van der Waals surface area contributed by atoms with E-state index in [1.54, 1.807) is 6.92 Å². The monoisotopic (exact) mass is 397 g/mol. The third-order valence-corrected chi connectivity index (χ3v) is 4.87. The first-order valence-electron chi connectivity index (χ1n) is 9.06. The second-order valence-corrected chi connectivity index (χ2v) is 7.04. The van der Waals surface area contributed by atoms with E-state index >= 15 is 0 Å². The summed E-state index contributed by atoms with van der Waals surface area (Å²) in [6.07, 6.45) is 0. The highest BCUT2D eigenvalue weighted by molar-refractivity contribution is 6.30. The number of benzene rings is 2. The molecule has 4 rings (SSSR count). The minimum absolute atomic E-state index is 0.118. The maximum atomic E-state index is 12.6. The van der Waals surface area contributed by atoms with E-state index < -0.39 is 0 Å². The van der Waals surface area contributed by atoms with Gasteiger partial charge in [-0.3, -0.25) is 0 Å². The van der Waals surface area contributed by atoms with Gasteiger partial charge in [0.05, 0.1) is 0 Å². The number of rotatable bonds is 3. The lowest BCUT2D eigenvalue weighted by Crippen LogP contribution is -2.50. The van der Waals surface area contributed by atoms with Gasteiger partial charge in [-0.1, -0.05) is 35.0 Å². The molecule has 1 aliphatic heterocycles. The predicted molar refractivity (Wildman–Crippen MR) is 109 cm³/mol. The van der Waals surface area contributed by atoms with Crippen LogP contribution in [0.15, 0.2) is 53.1 Å². The van der Waals surface area contributed by atoms with Crippen molar-refractivity contribution in [1.29, 1.82) is 0 Å².